The van der Waals surface area contributed by atoms with E-state index in [0.29, 0.717) is 18.5 Å². The number of nitrogens with two attached hydrogens (primary N) is 1. The fraction of sp³-hybridized carbons (Fsp3) is 0.412. The van der Waals surface area contributed by atoms with E-state index in [1.807, 2.05) is 30.8 Å². The van der Waals surface area contributed by atoms with Gasteiger partial charge in [-0.05, 0) is 44.4 Å². The molecule has 0 saturated heterocycles. The quantitative estimate of drug-likeness (QED) is 0.466. The minimum absolute atomic E-state index is 0. The molecule has 0 bridgehead atoms. The van der Waals surface area contributed by atoms with Gasteiger partial charge in [-0.1, -0.05) is 18.2 Å². The summed E-state index contributed by atoms with van der Waals surface area (Å²) in [5, 5.41) is 4.57. The lowest BCUT2D eigenvalue weighted by Crippen LogP contribution is -2.35. The second-order valence-corrected chi connectivity index (χ2v) is 5.98. The van der Waals surface area contributed by atoms with Crippen LogP contribution < -0.4 is 5.73 Å². The first-order chi connectivity index (χ1) is 10.6. The Morgan fingerprint density at radius 1 is 1.35 bits per heavy atom. The highest BCUT2D eigenvalue weighted by Gasteiger charge is 2.27. The Morgan fingerprint density at radius 2 is 2.04 bits per heavy atom. The van der Waals surface area contributed by atoms with E-state index in [-0.39, 0.29) is 24.0 Å². The standard InChI is InChI=1S/C17H23N5.HI/c1-12-10-13(2)22(20-12)16-7-5-4-6-14(16)11-19-17(18)21(3)15-8-9-15;/h4-7,10,15H,8-9,11H2,1-3H3,(H2,18,19);1H. The third-order valence-electron chi connectivity index (χ3n) is 4.10. The summed E-state index contributed by atoms with van der Waals surface area (Å²) < 4.78 is 1.97. The molecule has 124 valence electrons. The minimum Gasteiger partial charge on any atom is -0.370 e. The molecule has 1 aromatic carbocycles. The Balaban J connectivity index is 0.00000192. The number of aryl methyl sites for hydroxylation is 2. The first-order valence-corrected chi connectivity index (χ1v) is 7.70. The highest BCUT2D eigenvalue weighted by Crippen LogP contribution is 2.25. The Kier molecular flexibility index (Phi) is 5.67. The monoisotopic (exact) mass is 425 g/mol. The zero-order chi connectivity index (χ0) is 15.7. The maximum Gasteiger partial charge on any atom is 0.191 e. The molecule has 1 aromatic heterocycles. The molecule has 0 aliphatic heterocycles. The molecular formula is C17H24IN5. The number of para-hydroxylation sites is 1. The normalized spacial score (nSPS) is 14.5. The summed E-state index contributed by atoms with van der Waals surface area (Å²) >= 11 is 0. The molecule has 0 unspecified atom stereocenters. The largest absolute Gasteiger partial charge is 0.370 e. The zero-order valence-corrected chi connectivity index (χ0v) is 16.2. The number of halogens is 1. The Morgan fingerprint density at radius 3 is 2.65 bits per heavy atom. The first-order valence-electron chi connectivity index (χ1n) is 7.70. The summed E-state index contributed by atoms with van der Waals surface area (Å²) in [6.45, 7) is 4.64. The van der Waals surface area contributed by atoms with Crippen LogP contribution in [0.2, 0.25) is 0 Å². The van der Waals surface area contributed by atoms with Crippen LogP contribution in [0.1, 0.15) is 29.8 Å². The van der Waals surface area contributed by atoms with Crippen LogP contribution in [-0.4, -0.2) is 33.7 Å². The molecule has 2 N–H and O–H groups in total. The Labute approximate surface area is 154 Å². The van der Waals surface area contributed by atoms with Crippen molar-refractivity contribution in [2.75, 3.05) is 7.05 Å². The van der Waals surface area contributed by atoms with Crippen molar-refractivity contribution in [2.45, 2.75) is 39.3 Å². The van der Waals surface area contributed by atoms with Gasteiger partial charge in [0.05, 0.1) is 17.9 Å². The van der Waals surface area contributed by atoms with Crippen molar-refractivity contribution < 1.29 is 0 Å². The zero-order valence-electron chi connectivity index (χ0n) is 13.9. The van der Waals surface area contributed by atoms with Crippen LogP contribution in [0.25, 0.3) is 5.69 Å². The van der Waals surface area contributed by atoms with Crippen LogP contribution in [-0.2, 0) is 6.54 Å². The molecule has 0 radical (unpaired) electrons. The van der Waals surface area contributed by atoms with E-state index in [4.69, 9.17) is 5.73 Å². The van der Waals surface area contributed by atoms with E-state index in [2.05, 4.69) is 40.1 Å². The van der Waals surface area contributed by atoms with Gasteiger partial charge in [-0.15, -0.1) is 24.0 Å². The topological polar surface area (TPSA) is 59.4 Å². The Hall–Kier alpha value is -1.57. The summed E-state index contributed by atoms with van der Waals surface area (Å²) in [6, 6.07) is 10.9. The molecule has 1 aliphatic rings. The fourth-order valence-electron chi connectivity index (χ4n) is 2.65. The third kappa shape index (κ3) is 4.04. The highest BCUT2D eigenvalue weighted by atomic mass is 127. The van der Waals surface area contributed by atoms with E-state index in [0.717, 1.165) is 22.6 Å². The maximum atomic E-state index is 6.08. The molecule has 2 aromatic rings. The van der Waals surface area contributed by atoms with Crippen LogP contribution in [0.3, 0.4) is 0 Å². The van der Waals surface area contributed by atoms with Crippen molar-refractivity contribution in [3.05, 3.63) is 47.3 Å². The van der Waals surface area contributed by atoms with Gasteiger partial charge in [0.15, 0.2) is 5.96 Å². The average molecular weight is 425 g/mol. The van der Waals surface area contributed by atoms with E-state index in [1.165, 1.54) is 12.8 Å². The molecular weight excluding hydrogens is 401 g/mol. The van der Waals surface area contributed by atoms with Crippen LogP contribution >= 0.6 is 24.0 Å². The van der Waals surface area contributed by atoms with Gasteiger partial charge < -0.3 is 10.6 Å². The SMILES string of the molecule is Cc1cc(C)n(-c2ccccc2CN=C(N)N(C)C2CC2)n1.I. The lowest BCUT2D eigenvalue weighted by molar-refractivity contribution is 0.487. The van der Waals surface area contributed by atoms with E-state index in [9.17, 15) is 0 Å². The number of benzene rings is 1. The minimum atomic E-state index is 0. The lowest BCUT2D eigenvalue weighted by atomic mass is 10.2. The van der Waals surface area contributed by atoms with Crippen molar-refractivity contribution in [2.24, 2.45) is 10.7 Å². The number of hydrogen-bond donors (Lipinski definition) is 1. The van der Waals surface area contributed by atoms with Crippen molar-refractivity contribution >= 4 is 29.9 Å². The van der Waals surface area contributed by atoms with Gasteiger partial charge in [0.1, 0.15) is 0 Å². The second kappa shape index (κ2) is 7.33. The Bertz CT molecular complexity index is 703. The molecule has 5 nitrogen and oxygen atoms in total. The molecule has 1 fully saturated rings. The number of hydrogen-bond acceptors (Lipinski definition) is 2. The smallest absolute Gasteiger partial charge is 0.191 e. The van der Waals surface area contributed by atoms with Gasteiger partial charge in [0.2, 0.25) is 0 Å². The van der Waals surface area contributed by atoms with Gasteiger partial charge in [-0.25, -0.2) is 9.67 Å². The molecule has 1 aliphatic carbocycles. The number of nitrogens with zero attached hydrogens (tertiary/aromatic N) is 4. The van der Waals surface area contributed by atoms with Crippen LogP contribution in [0.15, 0.2) is 35.3 Å². The summed E-state index contributed by atoms with van der Waals surface area (Å²) in [7, 11) is 2.02. The molecule has 23 heavy (non-hydrogen) atoms. The van der Waals surface area contributed by atoms with E-state index < -0.39 is 0 Å². The lowest BCUT2D eigenvalue weighted by Gasteiger charge is -2.17. The van der Waals surface area contributed by atoms with Crippen LogP contribution in [0, 0.1) is 13.8 Å². The number of rotatable bonds is 4. The molecule has 0 amide bonds. The summed E-state index contributed by atoms with van der Waals surface area (Å²) in [6.07, 6.45) is 2.43. The van der Waals surface area contributed by atoms with Crippen molar-refractivity contribution in [1.29, 1.82) is 0 Å². The van der Waals surface area contributed by atoms with Crippen molar-refractivity contribution in [3.8, 4) is 5.69 Å². The van der Waals surface area contributed by atoms with Crippen molar-refractivity contribution in [3.63, 3.8) is 0 Å². The van der Waals surface area contributed by atoms with Gasteiger partial charge in [0, 0.05) is 18.8 Å². The van der Waals surface area contributed by atoms with Crippen LogP contribution in [0.5, 0.6) is 0 Å². The van der Waals surface area contributed by atoms with Gasteiger partial charge in [-0.3, -0.25) is 0 Å². The molecule has 1 heterocycles. The van der Waals surface area contributed by atoms with Crippen molar-refractivity contribution in [1.82, 2.24) is 14.7 Å². The van der Waals surface area contributed by atoms with E-state index in [1.54, 1.807) is 0 Å². The number of guanidine groups is 1. The predicted octanol–water partition coefficient (Wildman–Crippen LogP) is 3.02. The summed E-state index contributed by atoms with van der Waals surface area (Å²) in [5.41, 5.74) is 10.4. The van der Waals surface area contributed by atoms with E-state index >= 15 is 0 Å². The summed E-state index contributed by atoms with van der Waals surface area (Å²) in [5.74, 6) is 0.616. The number of aromatic nitrogens is 2. The molecule has 0 spiro atoms. The predicted molar refractivity (Wildman–Crippen MR) is 105 cm³/mol. The summed E-state index contributed by atoms with van der Waals surface area (Å²) in [4.78, 5) is 6.63. The molecule has 3 rings (SSSR count). The number of aliphatic imine (C=N–C) groups is 1. The van der Waals surface area contributed by atoms with Crippen LogP contribution in [0.4, 0.5) is 0 Å². The molecule has 6 heteroatoms. The highest BCUT2D eigenvalue weighted by molar-refractivity contribution is 14.0. The third-order valence-corrected chi connectivity index (χ3v) is 4.10. The average Bonchev–Trinajstić information content (AvgIpc) is 3.29. The molecule has 1 saturated carbocycles. The second-order valence-electron chi connectivity index (χ2n) is 5.98. The van der Waals surface area contributed by atoms with Gasteiger partial charge in [-0.2, -0.15) is 5.10 Å². The van der Waals surface area contributed by atoms with Gasteiger partial charge >= 0.3 is 0 Å². The molecule has 0 atom stereocenters. The maximum absolute atomic E-state index is 6.08. The van der Waals surface area contributed by atoms with Gasteiger partial charge in [0.25, 0.3) is 0 Å². The first kappa shape index (κ1) is 17.8. The fourth-order valence-corrected chi connectivity index (χ4v) is 2.65.